The lowest BCUT2D eigenvalue weighted by Gasteiger charge is -2.11. The van der Waals surface area contributed by atoms with Crippen LogP contribution in [0.5, 0.6) is 11.5 Å². The molecule has 2 aromatic carbocycles. The van der Waals surface area contributed by atoms with E-state index in [1.54, 1.807) is 19.2 Å². The SMILES string of the molecule is CCOc1ccc(CCNC(=O)NCCc2ccc(S(N)(=O)=O)cc2)cc1OC. The molecule has 0 saturated heterocycles. The average Bonchev–Trinajstić information content (AvgIpc) is 2.69. The fraction of sp³-hybridized carbons (Fsp3) is 0.350. The first-order valence-electron chi connectivity index (χ1n) is 9.26. The Kier molecular flexibility index (Phi) is 8.29. The summed E-state index contributed by atoms with van der Waals surface area (Å²) in [5.41, 5.74) is 1.93. The maximum absolute atomic E-state index is 11.9. The van der Waals surface area contributed by atoms with Crippen molar-refractivity contribution in [1.82, 2.24) is 10.6 Å². The molecule has 0 radical (unpaired) electrons. The minimum absolute atomic E-state index is 0.0675. The lowest BCUT2D eigenvalue weighted by atomic mass is 10.1. The van der Waals surface area contributed by atoms with Crippen LogP contribution < -0.4 is 25.2 Å². The minimum atomic E-state index is -3.69. The van der Waals surface area contributed by atoms with Gasteiger partial charge in [0.25, 0.3) is 0 Å². The first kappa shape index (κ1) is 22.5. The molecule has 2 rings (SSSR count). The van der Waals surface area contributed by atoms with E-state index in [4.69, 9.17) is 14.6 Å². The van der Waals surface area contributed by atoms with Gasteiger partial charge in [-0.3, -0.25) is 0 Å². The van der Waals surface area contributed by atoms with E-state index in [2.05, 4.69) is 10.6 Å². The number of hydrogen-bond donors (Lipinski definition) is 3. The van der Waals surface area contributed by atoms with Crippen LogP contribution >= 0.6 is 0 Å². The zero-order valence-electron chi connectivity index (χ0n) is 16.6. The molecule has 2 aromatic rings. The van der Waals surface area contributed by atoms with E-state index in [-0.39, 0.29) is 10.9 Å². The minimum Gasteiger partial charge on any atom is -0.493 e. The number of methoxy groups -OCH3 is 1. The predicted octanol–water partition coefficient (Wildman–Crippen LogP) is 1.83. The second-order valence-electron chi connectivity index (χ2n) is 6.29. The van der Waals surface area contributed by atoms with E-state index in [1.807, 2.05) is 25.1 Å². The Morgan fingerprint density at radius 1 is 0.966 bits per heavy atom. The standard InChI is InChI=1S/C20H27N3O5S/c1-3-28-18-9-6-16(14-19(18)27-2)11-13-23-20(24)22-12-10-15-4-7-17(8-5-15)29(21,25)26/h4-9,14H,3,10-13H2,1-2H3,(H2,21,25,26)(H2,22,23,24). The highest BCUT2D eigenvalue weighted by Gasteiger charge is 2.08. The van der Waals surface area contributed by atoms with Crippen LogP contribution in [-0.2, 0) is 22.9 Å². The topological polar surface area (TPSA) is 120 Å². The lowest BCUT2D eigenvalue weighted by molar-refractivity contribution is 0.241. The van der Waals surface area contributed by atoms with Crippen LogP contribution in [0.15, 0.2) is 47.4 Å². The highest BCUT2D eigenvalue weighted by atomic mass is 32.2. The molecule has 0 aliphatic carbocycles. The van der Waals surface area contributed by atoms with Gasteiger partial charge in [0.2, 0.25) is 10.0 Å². The summed E-state index contributed by atoms with van der Waals surface area (Å²) in [6.07, 6.45) is 1.24. The van der Waals surface area contributed by atoms with E-state index >= 15 is 0 Å². The van der Waals surface area contributed by atoms with Gasteiger partial charge < -0.3 is 20.1 Å². The maximum atomic E-state index is 11.9. The van der Waals surface area contributed by atoms with Gasteiger partial charge in [-0.2, -0.15) is 0 Å². The summed E-state index contributed by atoms with van der Waals surface area (Å²) in [6, 6.07) is 11.7. The molecule has 0 aliphatic rings. The molecule has 0 atom stereocenters. The molecule has 0 heterocycles. The maximum Gasteiger partial charge on any atom is 0.314 e. The van der Waals surface area contributed by atoms with Gasteiger partial charge in [0.15, 0.2) is 11.5 Å². The molecule has 0 aliphatic heterocycles. The van der Waals surface area contributed by atoms with Gasteiger partial charge in [0, 0.05) is 13.1 Å². The van der Waals surface area contributed by atoms with Crippen LogP contribution in [0.3, 0.4) is 0 Å². The summed E-state index contributed by atoms with van der Waals surface area (Å²) in [6.45, 7) is 3.38. The second kappa shape index (κ2) is 10.7. The van der Waals surface area contributed by atoms with Crippen molar-refractivity contribution in [3.63, 3.8) is 0 Å². The Labute approximate surface area is 171 Å². The first-order chi connectivity index (χ1) is 13.8. The number of primary sulfonamides is 1. The van der Waals surface area contributed by atoms with Gasteiger partial charge in [-0.1, -0.05) is 18.2 Å². The Morgan fingerprint density at radius 2 is 1.55 bits per heavy atom. The number of carbonyl (C=O) groups is 1. The summed E-state index contributed by atoms with van der Waals surface area (Å²) in [5, 5.41) is 10.6. The van der Waals surface area contributed by atoms with Crippen molar-refractivity contribution in [1.29, 1.82) is 0 Å². The van der Waals surface area contributed by atoms with Crippen LogP contribution in [0.2, 0.25) is 0 Å². The van der Waals surface area contributed by atoms with Gasteiger partial charge in [0.05, 0.1) is 18.6 Å². The summed E-state index contributed by atoms with van der Waals surface area (Å²) < 4.78 is 33.3. The van der Waals surface area contributed by atoms with E-state index < -0.39 is 10.0 Å². The monoisotopic (exact) mass is 421 g/mol. The number of benzene rings is 2. The Hall–Kier alpha value is -2.78. The van der Waals surface area contributed by atoms with Gasteiger partial charge in [0.1, 0.15) is 0 Å². The molecule has 2 amide bonds. The van der Waals surface area contributed by atoms with E-state index in [9.17, 15) is 13.2 Å². The number of urea groups is 1. The van der Waals surface area contributed by atoms with E-state index in [1.165, 1.54) is 12.1 Å². The molecule has 0 unspecified atom stereocenters. The molecule has 0 aromatic heterocycles. The number of carbonyl (C=O) groups excluding carboxylic acids is 1. The van der Waals surface area contributed by atoms with Gasteiger partial charge in [-0.05, 0) is 55.2 Å². The Balaban J connectivity index is 1.72. The zero-order valence-corrected chi connectivity index (χ0v) is 17.4. The van der Waals surface area contributed by atoms with Gasteiger partial charge in [-0.15, -0.1) is 0 Å². The third kappa shape index (κ3) is 7.28. The summed E-state index contributed by atoms with van der Waals surface area (Å²) in [4.78, 5) is 12.0. The molecule has 0 fully saturated rings. The fourth-order valence-corrected chi connectivity index (χ4v) is 3.21. The number of ether oxygens (including phenoxy) is 2. The van der Waals surface area contributed by atoms with E-state index in [0.717, 1.165) is 11.1 Å². The largest absolute Gasteiger partial charge is 0.493 e. The van der Waals surface area contributed by atoms with Crippen LogP contribution in [-0.4, -0.2) is 41.3 Å². The Bertz CT molecular complexity index is 914. The van der Waals surface area contributed by atoms with Gasteiger partial charge in [-0.25, -0.2) is 18.4 Å². The molecular weight excluding hydrogens is 394 g/mol. The predicted molar refractivity (Wildman–Crippen MR) is 111 cm³/mol. The third-order valence-corrected chi connectivity index (χ3v) is 5.11. The molecule has 29 heavy (non-hydrogen) atoms. The van der Waals surface area contributed by atoms with Crippen LogP contribution in [0, 0.1) is 0 Å². The molecule has 0 saturated carbocycles. The number of sulfonamides is 1. The molecule has 8 nitrogen and oxygen atoms in total. The van der Waals surface area contributed by atoms with Crippen LogP contribution in [0.25, 0.3) is 0 Å². The zero-order chi connectivity index (χ0) is 21.3. The summed E-state index contributed by atoms with van der Waals surface area (Å²) >= 11 is 0. The van der Waals surface area contributed by atoms with Crippen molar-refractivity contribution in [2.24, 2.45) is 5.14 Å². The van der Waals surface area contributed by atoms with Crippen molar-refractivity contribution in [3.05, 3.63) is 53.6 Å². The number of rotatable bonds is 10. The van der Waals surface area contributed by atoms with Crippen molar-refractivity contribution in [3.8, 4) is 11.5 Å². The highest BCUT2D eigenvalue weighted by Crippen LogP contribution is 2.28. The van der Waals surface area contributed by atoms with Gasteiger partial charge >= 0.3 is 6.03 Å². The molecule has 0 spiro atoms. The summed E-state index contributed by atoms with van der Waals surface area (Å²) in [7, 11) is -2.10. The second-order valence-corrected chi connectivity index (χ2v) is 7.85. The quantitative estimate of drug-likeness (QED) is 0.541. The van der Waals surface area contributed by atoms with Crippen molar-refractivity contribution >= 4 is 16.1 Å². The number of hydrogen-bond acceptors (Lipinski definition) is 5. The molecular formula is C20H27N3O5S. The van der Waals surface area contributed by atoms with Crippen molar-refractivity contribution < 1.29 is 22.7 Å². The molecule has 4 N–H and O–H groups in total. The lowest BCUT2D eigenvalue weighted by Crippen LogP contribution is -2.37. The van der Waals surface area contributed by atoms with Crippen molar-refractivity contribution in [2.75, 3.05) is 26.8 Å². The fourth-order valence-electron chi connectivity index (χ4n) is 2.69. The van der Waals surface area contributed by atoms with Crippen LogP contribution in [0.1, 0.15) is 18.1 Å². The number of nitrogens with two attached hydrogens (primary N) is 1. The smallest absolute Gasteiger partial charge is 0.314 e. The van der Waals surface area contributed by atoms with E-state index in [0.29, 0.717) is 44.0 Å². The van der Waals surface area contributed by atoms with Crippen molar-refractivity contribution in [2.45, 2.75) is 24.7 Å². The molecule has 0 bridgehead atoms. The number of amides is 2. The normalized spacial score (nSPS) is 11.0. The number of nitrogens with one attached hydrogen (secondary N) is 2. The highest BCUT2D eigenvalue weighted by molar-refractivity contribution is 7.89. The third-order valence-electron chi connectivity index (χ3n) is 4.18. The van der Waals surface area contributed by atoms with Crippen LogP contribution in [0.4, 0.5) is 4.79 Å². The first-order valence-corrected chi connectivity index (χ1v) is 10.8. The summed E-state index contributed by atoms with van der Waals surface area (Å²) in [5.74, 6) is 1.36. The molecule has 9 heteroatoms. The molecule has 158 valence electrons. The average molecular weight is 422 g/mol. The Morgan fingerprint density at radius 3 is 2.10 bits per heavy atom.